The molecule has 0 amide bonds. The summed E-state index contributed by atoms with van der Waals surface area (Å²) in [6, 6.07) is 5.61. The molecule has 4 heteroatoms. The van der Waals surface area contributed by atoms with Gasteiger partial charge in [-0.1, -0.05) is 0 Å². The second-order valence-electron chi connectivity index (χ2n) is 1.98. The van der Waals surface area contributed by atoms with Gasteiger partial charge in [-0.05, 0) is 30.4 Å². The van der Waals surface area contributed by atoms with E-state index >= 15 is 0 Å². The number of nitrogens with zero attached hydrogens (tertiary/aromatic N) is 2. The largest absolute Gasteiger partial charge is 0.206 e. The Balaban J connectivity index is 3.24. The number of isothiocyanates is 1. The Labute approximate surface area is 74.0 Å². The van der Waals surface area contributed by atoms with E-state index in [2.05, 4.69) is 22.4 Å². The third kappa shape index (κ3) is 1.73. The van der Waals surface area contributed by atoms with Crippen LogP contribution in [0.5, 0.6) is 0 Å². The number of rotatable bonds is 1. The van der Waals surface area contributed by atoms with Gasteiger partial charge < -0.3 is 0 Å². The summed E-state index contributed by atoms with van der Waals surface area (Å²) < 4.78 is 12.7. The van der Waals surface area contributed by atoms with Crippen molar-refractivity contribution in [1.29, 1.82) is 5.26 Å². The maximum Gasteiger partial charge on any atom is 0.141 e. The molecule has 1 aromatic rings. The van der Waals surface area contributed by atoms with Crippen molar-refractivity contribution in [3.05, 3.63) is 29.6 Å². The Morgan fingerprint density at radius 1 is 1.50 bits per heavy atom. The molecule has 0 aliphatic rings. The molecule has 0 heterocycles. The van der Waals surface area contributed by atoms with Gasteiger partial charge in [0.15, 0.2) is 0 Å². The van der Waals surface area contributed by atoms with Gasteiger partial charge in [0, 0.05) is 0 Å². The average Bonchev–Trinajstić information content (AvgIpc) is 2.09. The molecule has 0 radical (unpaired) electrons. The summed E-state index contributed by atoms with van der Waals surface area (Å²) in [5.74, 6) is -0.555. The molecular weight excluding hydrogens is 175 g/mol. The highest BCUT2D eigenvalue weighted by molar-refractivity contribution is 7.78. The van der Waals surface area contributed by atoms with Crippen molar-refractivity contribution in [3.8, 4) is 6.07 Å². The number of halogens is 1. The summed E-state index contributed by atoms with van der Waals surface area (Å²) in [4.78, 5) is 3.60. The fraction of sp³-hybridized carbons (Fsp3) is 0. The van der Waals surface area contributed by atoms with E-state index in [1.54, 1.807) is 6.07 Å². The van der Waals surface area contributed by atoms with Crippen LogP contribution in [0.4, 0.5) is 10.1 Å². The van der Waals surface area contributed by atoms with Gasteiger partial charge in [0.05, 0.1) is 16.4 Å². The Hall–Kier alpha value is -1.56. The van der Waals surface area contributed by atoms with Crippen LogP contribution in [0.15, 0.2) is 23.2 Å². The molecule has 0 aromatic heterocycles. The topological polar surface area (TPSA) is 36.1 Å². The van der Waals surface area contributed by atoms with Gasteiger partial charge >= 0.3 is 0 Å². The lowest BCUT2D eigenvalue weighted by Gasteiger charge is -1.92. The number of nitriles is 1. The molecule has 0 bridgehead atoms. The van der Waals surface area contributed by atoms with Gasteiger partial charge in [-0.2, -0.15) is 10.3 Å². The first kappa shape index (κ1) is 8.54. The molecule has 0 aliphatic carbocycles. The maximum atomic E-state index is 12.7. The van der Waals surface area contributed by atoms with Crippen molar-refractivity contribution in [2.75, 3.05) is 0 Å². The van der Waals surface area contributed by atoms with Gasteiger partial charge in [0.25, 0.3) is 0 Å². The van der Waals surface area contributed by atoms with Crippen molar-refractivity contribution in [2.45, 2.75) is 0 Å². The van der Waals surface area contributed by atoms with Crippen LogP contribution in [-0.2, 0) is 0 Å². The van der Waals surface area contributed by atoms with Crippen molar-refractivity contribution in [3.63, 3.8) is 0 Å². The normalized spacial score (nSPS) is 8.33. The first-order valence-electron chi connectivity index (χ1n) is 3.05. The maximum absolute atomic E-state index is 12.7. The van der Waals surface area contributed by atoms with Gasteiger partial charge in [-0.25, -0.2) is 4.39 Å². The highest BCUT2D eigenvalue weighted by Gasteiger charge is 2.00. The van der Waals surface area contributed by atoms with E-state index in [-0.39, 0.29) is 5.56 Å². The fourth-order valence-corrected chi connectivity index (χ4v) is 0.827. The molecule has 0 saturated carbocycles. The quantitative estimate of drug-likeness (QED) is 0.489. The molecule has 0 saturated heterocycles. The monoisotopic (exact) mass is 178 g/mol. The standard InChI is InChI=1S/C8H3FN2S/c9-8-2-1-7(11-5-12)3-6(8)4-10/h1-3H. The minimum absolute atomic E-state index is 0.0403. The Kier molecular flexibility index (Phi) is 2.65. The summed E-state index contributed by atoms with van der Waals surface area (Å²) in [5.41, 5.74) is 0.393. The van der Waals surface area contributed by atoms with Crippen LogP contribution in [0.3, 0.4) is 0 Å². The lowest BCUT2D eigenvalue weighted by molar-refractivity contribution is 0.624. The molecule has 0 unspecified atom stereocenters. The van der Waals surface area contributed by atoms with E-state index in [9.17, 15) is 4.39 Å². The summed E-state index contributed by atoms with van der Waals surface area (Å²) in [7, 11) is 0. The number of aliphatic imine (C=N–C) groups is 1. The van der Waals surface area contributed by atoms with E-state index in [1.165, 1.54) is 18.2 Å². The van der Waals surface area contributed by atoms with E-state index in [4.69, 9.17) is 5.26 Å². The summed E-state index contributed by atoms with van der Waals surface area (Å²) in [5, 5.41) is 10.6. The van der Waals surface area contributed by atoms with Crippen LogP contribution >= 0.6 is 12.2 Å². The molecule has 0 atom stereocenters. The van der Waals surface area contributed by atoms with Crippen molar-refractivity contribution >= 4 is 23.1 Å². The van der Waals surface area contributed by atoms with Crippen LogP contribution in [-0.4, -0.2) is 5.16 Å². The fourth-order valence-electron chi connectivity index (χ4n) is 0.721. The van der Waals surface area contributed by atoms with E-state index < -0.39 is 5.82 Å². The Morgan fingerprint density at radius 3 is 2.83 bits per heavy atom. The SMILES string of the molecule is N#Cc1cc(N=C=S)ccc1F. The molecule has 58 valence electrons. The van der Waals surface area contributed by atoms with Crippen molar-refractivity contribution in [2.24, 2.45) is 4.99 Å². The first-order valence-corrected chi connectivity index (χ1v) is 3.46. The van der Waals surface area contributed by atoms with Gasteiger partial charge in [0.1, 0.15) is 11.9 Å². The summed E-state index contributed by atoms with van der Waals surface area (Å²) in [6.07, 6.45) is 0. The third-order valence-corrected chi connectivity index (χ3v) is 1.34. The number of thiocarbonyl (C=S) groups is 1. The predicted molar refractivity (Wildman–Crippen MR) is 45.8 cm³/mol. The highest BCUT2D eigenvalue weighted by atomic mass is 32.1. The summed E-state index contributed by atoms with van der Waals surface area (Å²) in [6.45, 7) is 0. The molecular formula is C8H3FN2S. The van der Waals surface area contributed by atoms with Gasteiger partial charge in [0.2, 0.25) is 0 Å². The first-order chi connectivity index (χ1) is 5.77. The molecule has 0 fully saturated rings. The number of benzene rings is 1. The zero-order valence-electron chi connectivity index (χ0n) is 5.91. The molecule has 0 N–H and O–H groups in total. The van der Waals surface area contributed by atoms with E-state index in [1.807, 2.05) is 0 Å². The highest BCUT2D eigenvalue weighted by Crippen LogP contribution is 2.15. The zero-order chi connectivity index (χ0) is 8.97. The van der Waals surface area contributed by atoms with E-state index in [0.717, 1.165) is 0 Å². The number of hydrogen-bond donors (Lipinski definition) is 0. The van der Waals surface area contributed by atoms with Crippen LogP contribution in [0, 0.1) is 17.1 Å². The molecule has 1 aromatic carbocycles. The van der Waals surface area contributed by atoms with Crippen LogP contribution in [0.2, 0.25) is 0 Å². The number of hydrogen-bond acceptors (Lipinski definition) is 3. The predicted octanol–water partition coefficient (Wildman–Crippen LogP) is 2.43. The molecule has 0 aliphatic heterocycles. The van der Waals surface area contributed by atoms with Crippen LogP contribution in [0.25, 0.3) is 0 Å². The molecule has 12 heavy (non-hydrogen) atoms. The second-order valence-corrected chi connectivity index (χ2v) is 2.16. The minimum atomic E-state index is -0.555. The molecule has 2 nitrogen and oxygen atoms in total. The lowest BCUT2D eigenvalue weighted by atomic mass is 10.2. The summed E-state index contributed by atoms with van der Waals surface area (Å²) >= 11 is 4.35. The molecule has 0 spiro atoms. The van der Waals surface area contributed by atoms with Crippen LogP contribution < -0.4 is 0 Å². The molecule has 1 rings (SSSR count). The third-order valence-electron chi connectivity index (χ3n) is 1.25. The van der Waals surface area contributed by atoms with Crippen LogP contribution in [0.1, 0.15) is 5.56 Å². The average molecular weight is 178 g/mol. The Bertz CT molecular complexity index is 389. The van der Waals surface area contributed by atoms with E-state index in [0.29, 0.717) is 5.69 Å². The Morgan fingerprint density at radius 2 is 2.25 bits per heavy atom. The van der Waals surface area contributed by atoms with Crippen molar-refractivity contribution in [1.82, 2.24) is 0 Å². The minimum Gasteiger partial charge on any atom is -0.206 e. The smallest absolute Gasteiger partial charge is 0.141 e. The van der Waals surface area contributed by atoms with Gasteiger partial charge in [-0.15, -0.1) is 0 Å². The second kappa shape index (κ2) is 3.72. The van der Waals surface area contributed by atoms with Crippen molar-refractivity contribution < 1.29 is 4.39 Å². The van der Waals surface area contributed by atoms with Gasteiger partial charge in [-0.3, -0.25) is 0 Å². The zero-order valence-corrected chi connectivity index (χ0v) is 6.73. The lowest BCUT2D eigenvalue weighted by Crippen LogP contribution is -1.80.